The van der Waals surface area contributed by atoms with Crippen molar-refractivity contribution in [1.82, 2.24) is 19.7 Å². The molecule has 0 aromatic carbocycles. The van der Waals surface area contributed by atoms with E-state index in [1.165, 1.54) is 6.08 Å². The van der Waals surface area contributed by atoms with Crippen molar-refractivity contribution in [2.45, 2.75) is 24.9 Å². The number of ether oxygens (including phenoxy) is 1. The second kappa shape index (κ2) is 8.04. The molecule has 1 fully saturated rings. The van der Waals surface area contributed by atoms with Crippen LogP contribution in [0.5, 0.6) is 5.88 Å². The predicted octanol–water partition coefficient (Wildman–Crippen LogP) is 3.32. The molecule has 0 bridgehead atoms. The van der Waals surface area contributed by atoms with Crippen molar-refractivity contribution < 1.29 is 22.7 Å². The molecule has 0 radical (unpaired) electrons. The number of likely N-dealkylation sites (tertiary alicyclic amines) is 1. The Morgan fingerprint density at radius 1 is 1.39 bits per heavy atom. The zero-order valence-corrected chi connectivity index (χ0v) is 15.4. The highest BCUT2D eigenvalue weighted by Crippen LogP contribution is 2.34. The van der Waals surface area contributed by atoms with E-state index in [1.54, 1.807) is 41.0 Å². The first-order valence-corrected chi connectivity index (χ1v) is 8.88. The average Bonchev–Trinajstić information content (AvgIpc) is 3.29. The Kier molecular flexibility index (Phi) is 5.71. The minimum Gasteiger partial charge on any atom is -0.477 e. The van der Waals surface area contributed by atoms with E-state index in [1.807, 2.05) is 0 Å². The Morgan fingerprint density at radius 2 is 2.18 bits per heavy atom. The van der Waals surface area contributed by atoms with Crippen molar-refractivity contribution in [3.8, 4) is 17.3 Å². The fraction of sp³-hybridized carbons (Fsp3) is 0.421. The van der Waals surface area contributed by atoms with Crippen molar-refractivity contribution in [2.75, 3.05) is 19.7 Å². The van der Waals surface area contributed by atoms with Crippen LogP contribution in [0, 0.1) is 0 Å². The van der Waals surface area contributed by atoms with Crippen molar-refractivity contribution in [1.29, 1.82) is 0 Å². The molecule has 1 atom stereocenters. The highest BCUT2D eigenvalue weighted by molar-refractivity contribution is 5.87. The molecule has 0 unspecified atom stereocenters. The third-order valence-corrected chi connectivity index (χ3v) is 4.61. The Morgan fingerprint density at radius 3 is 2.82 bits per heavy atom. The summed E-state index contributed by atoms with van der Waals surface area (Å²) in [5, 5.41) is 4.37. The SMILES string of the molecule is C=CC(=O)N1CC[C@H](c2ccc(OCCC(F)(F)F)nc2-c2ccn(C)n2)C1. The lowest BCUT2D eigenvalue weighted by Gasteiger charge is -2.17. The molecule has 28 heavy (non-hydrogen) atoms. The van der Waals surface area contributed by atoms with Gasteiger partial charge in [-0.25, -0.2) is 4.98 Å². The lowest BCUT2D eigenvalue weighted by Crippen LogP contribution is -2.26. The third kappa shape index (κ3) is 4.71. The molecule has 1 saturated heterocycles. The molecule has 1 aliphatic heterocycles. The van der Waals surface area contributed by atoms with E-state index in [-0.39, 0.29) is 17.7 Å². The maximum absolute atomic E-state index is 12.4. The topological polar surface area (TPSA) is 60.3 Å². The van der Waals surface area contributed by atoms with Gasteiger partial charge >= 0.3 is 6.18 Å². The normalized spacial score (nSPS) is 17.0. The van der Waals surface area contributed by atoms with Gasteiger partial charge in [0.05, 0.1) is 18.7 Å². The fourth-order valence-electron chi connectivity index (χ4n) is 3.22. The summed E-state index contributed by atoms with van der Waals surface area (Å²) in [5.41, 5.74) is 2.05. The molecule has 6 nitrogen and oxygen atoms in total. The number of aryl methyl sites for hydroxylation is 1. The van der Waals surface area contributed by atoms with E-state index < -0.39 is 19.2 Å². The second-order valence-electron chi connectivity index (χ2n) is 6.65. The Labute approximate surface area is 160 Å². The molecule has 9 heteroatoms. The Hall–Kier alpha value is -2.84. The summed E-state index contributed by atoms with van der Waals surface area (Å²) < 4.78 is 43.9. The monoisotopic (exact) mass is 394 g/mol. The van der Waals surface area contributed by atoms with Crippen LogP contribution >= 0.6 is 0 Å². The molecule has 3 heterocycles. The van der Waals surface area contributed by atoms with Gasteiger partial charge in [-0.15, -0.1) is 0 Å². The smallest absolute Gasteiger partial charge is 0.392 e. The average molecular weight is 394 g/mol. The van der Waals surface area contributed by atoms with Gasteiger partial charge in [0.15, 0.2) is 0 Å². The predicted molar refractivity (Wildman–Crippen MR) is 96.7 cm³/mol. The lowest BCUT2D eigenvalue weighted by molar-refractivity contribution is -0.139. The molecule has 1 amide bonds. The summed E-state index contributed by atoms with van der Waals surface area (Å²) in [5.74, 6) is 0.0465. The molecule has 0 saturated carbocycles. The molecule has 0 N–H and O–H groups in total. The molecule has 0 aliphatic carbocycles. The van der Waals surface area contributed by atoms with E-state index in [4.69, 9.17) is 4.74 Å². The number of rotatable bonds is 6. The first-order valence-electron chi connectivity index (χ1n) is 8.88. The van der Waals surface area contributed by atoms with Gasteiger partial charge in [0.1, 0.15) is 5.69 Å². The fourth-order valence-corrected chi connectivity index (χ4v) is 3.22. The minimum absolute atomic E-state index is 0.0534. The third-order valence-electron chi connectivity index (χ3n) is 4.61. The second-order valence-corrected chi connectivity index (χ2v) is 6.65. The summed E-state index contributed by atoms with van der Waals surface area (Å²) in [6.07, 6.45) is -1.52. The Balaban J connectivity index is 1.85. The molecular weight excluding hydrogens is 373 g/mol. The van der Waals surface area contributed by atoms with Crippen molar-refractivity contribution >= 4 is 5.91 Å². The first-order chi connectivity index (χ1) is 13.3. The molecular formula is C19H21F3N4O2. The number of hydrogen-bond donors (Lipinski definition) is 0. The van der Waals surface area contributed by atoms with Crippen molar-refractivity contribution in [3.63, 3.8) is 0 Å². The molecule has 2 aromatic heterocycles. The number of pyridine rings is 1. The van der Waals surface area contributed by atoms with Gasteiger partial charge < -0.3 is 9.64 Å². The van der Waals surface area contributed by atoms with Crippen LogP contribution in [0.25, 0.3) is 11.4 Å². The lowest BCUT2D eigenvalue weighted by atomic mass is 9.95. The number of alkyl halides is 3. The minimum atomic E-state index is -4.28. The quantitative estimate of drug-likeness (QED) is 0.706. The summed E-state index contributed by atoms with van der Waals surface area (Å²) in [6, 6.07) is 5.15. The maximum atomic E-state index is 12.4. The number of carbonyl (C=O) groups excluding carboxylic acids is 1. The molecule has 150 valence electrons. The van der Waals surface area contributed by atoms with Gasteiger partial charge in [-0.05, 0) is 24.1 Å². The number of nitrogens with zero attached hydrogens (tertiary/aromatic N) is 4. The van der Waals surface area contributed by atoms with E-state index in [2.05, 4.69) is 16.7 Å². The molecule has 2 aromatic rings. The zero-order chi connectivity index (χ0) is 20.3. The first kappa shape index (κ1) is 19.9. The zero-order valence-electron chi connectivity index (χ0n) is 15.4. The maximum Gasteiger partial charge on any atom is 0.392 e. The van der Waals surface area contributed by atoms with E-state index in [0.29, 0.717) is 24.5 Å². The van der Waals surface area contributed by atoms with Crippen LogP contribution in [-0.4, -0.2) is 51.4 Å². The Bertz CT molecular complexity index is 863. The number of halogens is 3. The molecule has 0 spiro atoms. The van der Waals surface area contributed by atoms with Crippen LogP contribution < -0.4 is 4.74 Å². The number of hydrogen-bond acceptors (Lipinski definition) is 4. The van der Waals surface area contributed by atoms with Crippen LogP contribution in [0.3, 0.4) is 0 Å². The van der Waals surface area contributed by atoms with E-state index in [0.717, 1.165) is 12.0 Å². The van der Waals surface area contributed by atoms with E-state index in [9.17, 15) is 18.0 Å². The number of amides is 1. The summed E-state index contributed by atoms with van der Waals surface area (Å²) in [4.78, 5) is 18.0. The van der Waals surface area contributed by atoms with Crippen LogP contribution in [0.2, 0.25) is 0 Å². The van der Waals surface area contributed by atoms with Gasteiger partial charge in [0, 0.05) is 38.3 Å². The van der Waals surface area contributed by atoms with E-state index >= 15 is 0 Å². The highest BCUT2D eigenvalue weighted by Gasteiger charge is 2.30. The van der Waals surface area contributed by atoms with Gasteiger partial charge in [0.25, 0.3) is 0 Å². The summed E-state index contributed by atoms with van der Waals surface area (Å²) in [7, 11) is 1.77. The largest absolute Gasteiger partial charge is 0.477 e. The summed E-state index contributed by atoms with van der Waals surface area (Å²) in [6.45, 7) is 4.16. The van der Waals surface area contributed by atoms with Gasteiger partial charge in [-0.1, -0.05) is 12.6 Å². The van der Waals surface area contributed by atoms with Gasteiger partial charge in [-0.2, -0.15) is 18.3 Å². The summed E-state index contributed by atoms with van der Waals surface area (Å²) >= 11 is 0. The number of carbonyl (C=O) groups is 1. The van der Waals surface area contributed by atoms with Gasteiger partial charge in [-0.3, -0.25) is 9.48 Å². The van der Waals surface area contributed by atoms with Crippen LogP contribution in [0.1, 0.15) is 24.3 Å². The van der Waals surface area contributed by atoms with Crippen LogP contribution in [0.15, 0.2) is 37.1 Å². The molecule has 3 rings (SSSR count). The van der Waals surface area contributed by atoms with Crippen LogP contribution in [-0.2, 0) is 11.8 Å². The molecule has 1 aliphatic rings. The van der Waals surface area contributed by atoms with Crippen molar-refractivity contribution in [3.05, 3.63) is 42.6 Å². The number of aromatic nitrogens is 3. The van der Waals surface area contributed by atoms with Gasteiger partial charge in [0.2, 0.25) is 11.8 Å². The van der Waals surface area contributed by atoms with Crippen molar-refractivity contribution in [2.24, 2.45) is 7.05 Å². The standard InChI is InChI=1S/C19H21F3N4O2/c1-3-17(27)26-10-6-13(12-26)14-4-5-16(28-11-8-19(20,21)22)23-18(14)15-7-9-25(2)24-15/h3-5,7,9,13H,1,6,8,10-12H2,2H3/t13-/m0/s1. The van der Waals surface area contributed by atoms with Crippen LogP contribution in [0.4, 0.5) is 13.2 Å². The highest BCUT2D eigenvalue weighted by atomic mass is 19.4.